The molecule has 2 aliphatic heterocycles. The second-order valence-electron chi connectivity index (χ2n) is 8.08. The van der Waals surface area contributed by atoms with Gasteiger partial charge < -0.3 is 0 Å². The predicted molar refractivity (Wildman–Crippen MR) is 99.2 cm³/mol. The van der Waals surface area contributed by atoms with Gasteiger partial charge in [0.25, 0.3) is 0 Å². The quantitative estimate of drug-likeness (QED) is 0.720. The fourth-order valence-electron chi connectivity index (χ4n) is 5.49. The van der Waals surface area contributed by atoms with Crippen LogP contribution in [0.1, 0.15) is 54.0 Å². The number of piperidine rings is 1. The number of hydrogen-bond acceptors (Lipinski definition) is 1. The Labute approximate surface area is 145 Å². The molecular weight excluding hydrogens is 290 g/mol. The van der Waals surface area contributed by atoms with E-state index in [1.807, 2.05) is 0 Å². The summed E-state index contributed by atoms with van der Waals surface area (Å²) < 4.78 is 0. The summed E-state index contributed by atoms with van der Waals surface area (Å²) in [6, 6.07) is 19.8. The van der Waals surface area contributed by atoms with Crippen LogP contribution in [-0.2, 0) is 19.3 Å². The molecule has 2 aliphatic carbocycles. The smallest absolute Gasteiger partial charge is 0.0354 e. The molecule has 2 bridgehead atoms. The molecule has 0 saturated carbocycles. The van der Waals surface area contributed by atoms with Crippen molar-refractivity contribution in [1.82, 2.24) is 4.90 Å². The molecule has 1 saturated heterocycles. The number of hydrogen-bond donors (Lipinski definition) is 0. The number of fused-ring (bicyclic) bond motifs is 3. The SMILES string of the molecule is c1ccc2c(c1)C[C@H]1CC[C@@H](C2)N([C@@H]2CCCc3ccccc32)C1. The molecule has 1 fully saturated rings. The van der Waals surface area contributed by atoms with Gasteiger partial charge in [-0.05, 0) is 73.1 Å². The van der Waals surface area contributed by atoms with Crippen molar-refractivity contribution in [3.05, 3.63) is 70.8 Å². The van der Waals surface area contributed by atoms with Gasteiger partial charge in [0.2, 0.25) is 0 Å². The highest BCUT2D eigenvalue weighted by atomic mass is 15.2. The zero-order valence-corrected chi connectivity index (χ0v) is 14.5. The third-order valence-electron chi connectivity index (χ3n) is 6.67. The van der Waals surface area contributed by atoms with Crippen molar-refractivity contribution in [1.29, 1.82) is 0 Å². The van der Waals surface area contributed by atoms with Crippen LogP contribution in [0, 0.1) is 5.92 Å². The summed E-state index contributed by atoms with van der Waals surface area (Å²) in [7, 11) is 0. The molecule has 124 valence electrons. The van der Waals surface area contributed by atoms with Crippen LogP contribution in [0.2, 0.25) is 0 Å². The van der Waals surface area contributed by atoms with Gasteiger partial charge in [0.1, 0.15) is 0 Å². The van der Waals surface area contributed by atoms with Crippen molar-refractivity contribution in [2.75, 3.05) is 6.54 Å². The van der Waals surface area contributed by atoms with Gasteiger partial charge in [-0.1, -0.05) is 48.5 Å². The Morgan fingerprint density at radius 1 is 0.750 bits per heavy atom. The Hall–Kier alpha value is -1.60. The second-order valence-corrected chi connectivity index (χ2v) is 8.08. The summed E-state index contributed by atoms with van der Waals surface area (Å²) >= 11 is 0. The molecule has 6 rings (SSSR count). The molecule has 1 heteroatoms. The highest BCUT2D eigenvalue weighted by Gasteiger charge is 2.37. The summed E-state index contributed by atoms with van der Waals surface area (Å²) in [5.74, 6) is 0.844. The second kappa shape index (κ2) is 6.04. The van der Waals surface area contributed by atoms with Crippen molar-refractivity contribution in [2.24, 2.45) is 5.92 Å². The van der Waals surface area contributed by atoms with Gasteiger partial charge in [0, 0.05) is 18.6 Å². The largest absolute Gasteiger partial charge is 0.293 e. The molecule has 0 amide bonds. The van der Waals surface area contributed by atoms with E-state index in [2.05, 4.69) is 53.4 Å². The minimum atomic E-state index is 0.660. The molecule has 0 aromatic heterocycles. The van der Waals surface area contributed by atoms with Gasteiger partial charge >= 0.3 is 0 Å². The van der Waals surface area contributed by atoms with E-state index in [1.54, 1.807) is 22.3 Å². The van der Waals surface area contributed by atoms with E-state index in [-0.39, 0.29) is 0 Å². The maximum atomic E-state index is 2.90. The number of nitrogens with zero attached hydrogens (tertiary/aromatic N) is 1. The van der Waals surface area contributed by atoms with Crippen molar-refractivity contribution in [3.63, 3.8) is 0 Å². The first-order chi connectivity index (χ1) is 11.9. The molecule has 0 N–H and O–H groups in total. The van der Waals surface area contributed by atoms with Crippen LogP contribution in [0.4, 0.5) is 0 Å². The van der Waals surface area contributed by atoms with E-state index in [1.165, 1.54) is 51.5 Å². The minimum Gasteiger partial charge on any atom is -0.293 e. The molecule has 0 radical (unpaired) electrons. The molecular formula is C23H27N. The van der Waals surface area contributed by atoms with Crippen LogP contribution in [-0.4, -0.2) is 17.5 Å². The highest BCUT2D eigenvalue weighted by Crippen LogP contribution is 2.41. The predicted octanol–water partition coefficient (Wildman–Crippen LogP) is 4.94. The molecule has 1 nitrogen and oxygen atoms in total. The minimum absolute atomic E-state index is 0.660. The van der Waals surface area contributed by atoms with E-state index in [0.29, 0.717) is 6.04 Å². The molecule has 4 aliphatic rings. The van der Waals surface area contributed by atoms with Crippen LogP contribution in [0.5, 0.6) is 0 Å². The van der Waals surface area contributed by atoms with Gasteiger partial charge in [-0.3, -0.25) is 4.90 Å². The van der Waals surface area contributed by atoms with E-state index in [4.69, 9.17) is 0 Å². The first-order valence-corrected chi connectivity index (χ1v) is 9.79. The van der Waals surface area contributed by atoms with Crippen molar-refractivity contribution in [2.45, 2.75) is 57.0 Å². The normalized spacial score (nSPS) is 29.4. The van der Waals surface area contributed by atoms with Gasteiger partial charge in [-0.2, -0.15) is 0 Å². The average molecular weight is 317 g/mol. The van der Waals surface area contributed by atoms with Crippen LogP contribution < -0.4 is 0 Å². The zero-order chi connectivity index (χ0) is 15.9. The fraction of sp³-hybridized carbons (Fsp3) is 0.478. The molecule has 0 spiro atoms. The van der Waals surface area contributed by atoms with Crippen molar-refractivity contribution < 1.29 is 0 Å². The third kappa shape index (κ3) is 2.50. The molecule has 0 unspecified atom stereocenters. The number of benzene rings is 2. The Bertz CT molecular complexity index is 734. The van der Waals surface area contributed by atoms with E-state index in [0.717, 1.165) is 12.0 Å². The van der Waals surface area contributed by atoms with E-state index in [9.17, 15) is 0 Å². The van der Waals surface area contributed by atoms with Crippen LogP contribution in [0.15, 0.2) is 48.5 Å². The molecule has 3 atom stereocenters. The van der Waals surface area contributed by atoms with Crippen LogP contribution >= 0.6 is 0 Å². The van der Waals surface area contributed by atoms with E-state index >= 15 is 0 Å². The lowest BCUT2D eigenvalue weighted by atomic mass is 9.77. The maximum Gasteiger partial charge on any atom is 0.0354 e. The Morgan fingerprint density at radius 2 is 1.50 bits per heavy atom. The van der Waals surface area contributed by atoms with Gasteiger partial charge in [-0.25, -0.2) is 0 Å². The Morgan fingerprint density at radius 3 is 2.38 bits per heavy atom. The van der Waals surface area contributed by atoms with Gasteiger partial charge in [0.15, 0.2) is 0 Å². The maximum absolute atomic E-state index is 2.90. The summed E-state index contributed by atoms with van der Waals surface area (Å²) in [6.07, 6.45) is 9.32. The lowest BCUT2D eigenvalue weighted by molar-refractivity contribution is 0.0493. The third-order valence-corrected chi connectivity index (χ3v) is 6.67. The van der Waals surface area contributed by atoms with Crippen molar-refractivity contribution >= 4 is 0 Å². The van der Waals surface area contributed by atoms with Gasteiger partial charge in [-0.15, -0.1) is 0 Å². The zero-order valence-electron chi connectivity index (χ0n) is 14.5. The molecule has 24 heavy (non-hydrogen) atoms. The number of rotatable bonds is 1. The van der Waals surface area contributed by atoms with Crippen LogP contribution in [0.3, 0.4) is 0 Å². The first kappa shape index (κ1) is 14.7. The standard InChI is InChI=1S/C23H27N/c1-2-8-20-15-21-13-12-17(14-19(20)7-1)16-24(21)23-11-5-9-18-6-3-4-10-22(18)23/h1-4,6-8,10,17,21,23H,5,9,11-16H2/t17-,21+,23-/m1/s1. The topological polar surface area (TPSA) is 3.24 Å². The van der Waals surface area contributed by atoms with E-state index < -0.39 is 0 Å². The Balaban J connectivity index is 1.50. The molecule has 2 aromatic rings. The summed E-state index contributed by atoms with van der Waals surface area (Å²) in [6.45, 7) is 1.30. The fourth-order valence-corrected chi connectivity index (χ4v) is 5.49. The average Bonchev–Trinajstić information content (AvgIpc) is 2.61. The Kier molecular flexibility index (Phi) is 3.70. The lowest BCUT2D eigenvalue weighted by Gasteiger charge is -2.48. The summed E-state index contributed by atoms with van der Waals surface area (Å²) in [5.41, 5.74) is 6.47. The van der Waals surface area contributed by atoms with Crippen LogP contribution in [0.25, 0.3) is 0 Å². The highest BCUT2D eigenvalue weighted by molar-refractivity contribution is 5.34. The van der Waals surface area contributed by atoms with Gasteiger partial charge in [0.05, 0.1) is 0 Å². The molecule has 2 heterocycles. The van der Waals surface area contributed by atoms with Crippen molar-refractivity contribution in [3.8, 4) is 0 Å². The monoisotopic (exact) mass is 317 g/mol. The summed E-state index contributed by atoms with van der Waals surface area (Å²) in [5, 5.41) is 0. The lowest BCUT2D eigenvalue weighted by Crippen LogP contribution is -2.48. The number of aryl methyl sites for hydroxylation is 1. The summed E-state index contributed by atoms with van der Waals surface area (Å²) in [4.78, 5) is 2.90. The first-order valence-electron chi connectivity index (χ1n) is 9.79. The molecule has 2 aromatic carbocycles.